The number of carbonyl (C=O) groups is 2. The highest BCUT2D eigenvalue weighted by Crippen LogP contribution is 2.31. The number of likely N-dealkylation sites (tertiary alicyclic amines) is 2. The molecule has 2 fully saturated rings. The summed E-state index contributed by atoms with van der Waals surface area (Å²) in [7, 11) is 0. The first-order valence-corrected chi connectivity index (χ1v) is 14.0. The van der Waals surface area contributed by atoms with Gasteiger partial charge in [-0.2, -0.15) is 0 Å². The molecule has 4 rings (SSSR count). The van der Waals surface area contributed by atoms with Crippen molar-refractivity contribution in [3.63, 3.8) is 0 Å². The zero-order chi connectivity index (χ0) is 23.8. The standard InChI is InChI=1S/C25H33N5O2S2/c1-2-17-33-24-20(7-6-10-27-24)25(32)30-14-8-19(9-15-30)23-28-21(18-34-23)22(31)26-11-16-29-12-4-3-5-13-29/h2,6-7,10,18-19H,1,3-5,8-9,11-17H2,(H,26,31). The molecule has 2 saturated heterocycles. The Morgan fingerprint density at radius 1 is 1.21 bits per heavy atom. The van der Waals surface area contributed by atoms with E-state index in [0.717, 1.165) is 48.3 Å². The van der Waals surface area contributed by atoms with E-state index in [2.05, 4.69) is 26.8 Å². The fraction of sp³-hybridized carbons (Fsp3) is 0.520. The molecule has 34 heavy (non-hydrogen) atoms. The van der Waals surface area contributed by atoms with Crippen molar-refractivity contribution in [3.8, 4) is 0 Å². The molecular weight excluding hydrogens is 466 g/mol. The number of nitrogens with one attached hydrogen (secondary N) is 1. The molecule has 182 valence electrons. The van der Waals surface area contributed by atoms with Gasteiger partial charge in [0.15, 0.2) is 0 Å². The average Bonchev–Trinajstić information content (AvgIpc) is 3.38. The lowest BCUT2D eigenvalue weighted by Gasteiger charge is -2.31. The fourth-order valence-electron chi connectivity index (χ4n) is 4.49. The van der Waals surface area contributed by atoms with E-state index < -0.39 is 0 Å². The van der Waals surface area contributed by atoms with E-state index in [4.69, 9.17) is 0 Å². The van der Waals surface area contributed by atoms with Crippen molar-refractivity contribution in [2.45, 2.75) is 43.0 Å². The number of carbonyl (C=O) groups excluding carboxylic acids is 2. The van der Waals surface area contributed by atoms with Crippen molar-refractivity contribution in [1.29, 1.82) is 0 Å². The van der Waals surface area contributed by atoms with Crippen LogP contribution in [0.2, 0.25) is 0 Å². The molecule has 0 aromatic carbocycles. The summed E-state index contributed by atoms with van der Waals surface area (Å²) in [6.45, 7) is 8.94. The van der Waals surface area contributed by atoms with E-state index >= 15 is 0 Å². The SMILES string of the molecule is C=CCSc1ncccc1C(=O)N1CCC(c2nc(C(=O)NCCN3CCCCC3)cs2)CC1. The summed E-state index contributed by atoms with van der Waals surface area (Å²) < 4.78 is 0. The average molecular weight is 500 g/mol. The van der Waals surface area contributed by atoms with Crippen LogP contribution in [0.1, 0.15) is 63.9 Å². The Balaban J connectivity index is 1.26. The van der Waals surface area contributed by atoms with Crippen molar-refractivity contribution in [1.82, 2.24) is 25.1 Å². The molecule has 0 saturated carbocycles. The number of nitrogens with zero attached hydrogens (tertiary/aromatic N) is 4. The Bertz CT molecular complexity index is 981. The van der Waals surface area contributed by atoms with Crippen LogP contribution < -0.4 is 5.32 Å². The Labute approximate surface area is 210 Å². The van der Waals surface area contributed by atoms with Gasteiger partial charge in [0.25, 0.3) is 11.8 Å². The van der Waals surface area contributed by atoms with Gasteiger partial charge in [-0.3, -0.25) is 9.59 Å². The third kappa shape index (κ3) is 6.46. The number of aromatic nitrogens is 2. The van der Waals surface area contributed by atoms with Crippen LogP contribution in [0, 0.1) is 0 Å². The van der Waals surface area contributed by atoms with Crippen LogP contribution in [0.3, 0.4) is 0 Å². The lowest BCUT2D eigenvalue weighted by atomic mass is 9.97. The van der Waals surface area contributed by atoms with E-state index in [9.17, 15) is 9.59 Å². The highest BCUT2D eigenvalue weighted by molar-refractivity contribution is 7.99. The summed E-state index contributed by atoms with van der Waals surface area (Å²) in [5.74, 6) is 0.948. The van der Waals surface area contributed by atoms with Crippen LogP contribution >= 0.6 is 23.1 Å². The van der Waals surface area contributed by atoms with Gasteiger partial charge in [-0.15, -0.1) is 29.7 Å². The minimum Gasteiger partial charge on any atom is -0.349 e. The van der Waals surface area contributed by atoms with E-state index in [-0.39, 0.29) is 17.7 Å². The maximum atomic E-state index is 13.1. The Morgan fingerprint density at radius 2 is 2.00 bits per heavy atom. The summed E-state index contributed by atoms with van der Waals surface area (Å²) in [6, 6.07) is 3.66. The van der Waals surface area contributed by atoms with E-state index in [1.54, 1.807) is 17.5 Å². The number of thiazole rings is 1. The lowest BCUT2D eigenvalue weighted by Crippen LogP contribution is -2.38. The number of amides is 2. The molecule has 2 aromatic heterocycles. The van der Waals surface area contributed by atoms with Crippen molar-refractivity contribution in [2.75, 3.05) is 45.0 Å². The van der Waals surface area contributed by atoms with E-state index in [1.807, 2.05) is 28.5 Å². The maximum absolute atomic E-state index is 13.1. The van der Waals surface area contributed by atoms with Crippen LogP contribution in [-0.2, 0) is 0 Å². The van der Waals surface area contributed by atoms with Gasteiger partial charge in [-0.05, 0) is 50.9 Å². The molecule has 2 aromatic rings. The monoisotopic (exact) mass is 499 g/mol. The Kier molecular flexibility index (Phi) is 9.12. The van der Waals surface area contributed by atoms with E-state index in [1.165, 1.54) is 31.0 Å². The molecule has 0 bridgehead atoms. The topological polar surface area (TPSA) is 78.4 Å². The molecule has 4 heterocycles. The predicted octanol–water partition coefficient (Wildman–Crippen LogP) is 4.05. The third-order valence-corrected chi connectivity index (χ3v) is 8.40. The normalized spacial score (nSPS) is 17.5. The van der Waals surface area contributed by atoms with Crippen LogP contribution in [0.5, 0.6) is 0 Å². The number of rotatable bonds is 9. The Hall–Kier alpha value is -2.23. The second-order valence-electron chi connectivity index (χ2n) is 8.75. The summed E-state index contributed by atoms with van der Waals surface area (Å²) in [5.41, 5.74) is 1.17. The second-order valence-corrected chi connectivity index (χ2v) is 10.6. The van der Waals surface area contributed by atoms with Crippen LogP contribution in [0.15, 0.2) is 41.4 Å². The van der Waals surface area contributed by atoms with Gasteiger partial charge < -0.3 is 15.1 Å². The summed E-state index contributed by atoms with van der Waals surface area (Å²) in [6.07, 6.45) is 9.07. The highest BCUT2D eigenvalue weighted by atomic mass is 32.2. The van der Waals surface area contributed by atoms with Crippen molar-refractivity contribution in [2.24, 2.45) is 0 Å². The zero-order valence-corrected chi connectivity index (χ0v) is 21.2. The van der Waals surface area contributed by atoms with Crippen LogP contribution in [-0.4, -0.2) is 76.6 Å². The van der Waals surface area contributed by atoms with Crippen molar-refractivity contribution in [3.05, 3.63) is 52.6 Å². The highest BCUT2D eigenvalue weighted by Gasteiger charge is 2.28. The molecule has 0 aliphatic carbocycles. The zero-order valence-electron chi connectivity index (χ0n) is 19.6. The van der Waals surface area contributed by atoms with Crippen LogP contribution in [0.25, 0.3) is 0 Å². The minimum atomic E-state index is -0.0896. The molecule has 0 unspecified atom stereocenters. The van der Waals surface area contributed by atoms with Crippen molar-refractivity contribution < 1.29 is 9.59 Å². The number of thioether (sulfide) groups is 1. The molecule has 0 radical (unpaired) electrons. The molecule has 0 atom stereocenters. The first-order chi connectivity index (χ1) is 16.7. The summed E-state index contributed by atoms with van der Waals surface area (Å²) in [4.78, 5) is 39.0. The molecule has 1 N–H and O–H groups in total. The van der Waals surface area contributed by atoms with Gasteiger partial charge in [0.1, 0.15) is 10.7 Å². The molecule has 9 heteroatoms. The van der Waals surface area contributed by atoms with E-state index in [0.29, 0.717) is 30.9 Å². The first-order valence-electron chi connectivity index (χ1n) is 12.1. The molecule has 7 nitrogen and oxygen atoms in total. The van der Waals surface area contributed by atoms with Crippen LogP contribution in [0.4, 0.5) is 0 Å². The van der Waals surface area contributed by atoms with Gasteiger partial charge in [0.05, 0.1) is 10.6 Å². The molecule has 2 aliphatic rings. The molecule has 2 amide bonds. The number of piperidine rings is 2. The summed E-state index contributed by atoms with van der Waals surface area (Å²) in [5, 5.41) is 6.63. The maximum Gasteiger partial charge on any atom is 0.270 e. The van der Waals surface area contributed by atoms with Gasteiger partial charge >= 0.3 is 0 Å². The Morgan fingerprint density at radius 3 is 2.76 bits per heavy atom. The summed E-state index contributed by atoms with van der Waals surface area (Å²) >= 11 is 3.09. The van der Waals surface area contributed by atoms with Crippen molar-refractivity contribution >= 4 is 34.9 Å². The fourth-order valence-corrected chi connectivity index (χ4v) is 6.18. The lowest BCUT2D eigenvalue weighted by molar-refractivity contribution is 0.0708. The number of hydrogen-bond donors (Lipinski definition) is 1. The second kappa shape index (κ2) is 12.5. The number of hydrogen-bond acceptors (Lipinski definition) is 7. The van der Waals surface area contributed by atoms with Gasteiger partial charge in [-0.1, -0.05) is 12.5 Å². The molecule has 0 spiro atoms. The predicted molar refractivity (Wildman–Crippen MR) is 138 cm³/mol. The first kappa shape index (κ1) is 24.9. The quantitative estimate of drug-likeness (QED) is 0.414. The third-order valence-electron chi connectivity index (χ3n) is 6.39. The molecular formula is C25H33N5O2S2. The molecule has 2 aliphatic heterocycles. The van der Waals surface area contributed by atoms with Gasteiger partial charge in [-0.25, -0.2) is 9.97 Å². The smallest absolute Gasteiger partial charge is 0.270 e. The van der Waals surface area contributed by atoms with Gasteiger partial charge in [0, 0.05) is 49.4 Å². The largest absolute Gasteiger partial charge is 0.349 e. The van der Waals surface area contributed by atoms with Gasteiger partial charge in [0.2, 0.25) is 0 Å². The minimum absolute atomic E-state index is 0.0334. The number of pyridine rings is 1.